The van der Waals surface area contributed by atoms with Gasteiger partial charge in [0.25, 0.3) is 0 Å². The van der Waals surface area contributed by atoms with Crippen molar-refractivity contribution in [3.05, 3.63) is 107 Å². The molecular weight excluding hydrogens is 1150 g/mol. The van der Waals surface area contributed by atoms with Crippen molar-refractivity contribution in [1.82, 2.24) is 29.7 Å². The van der Waals surface area contributed by atoms with Crippen LogP contribution in [0.1, 0.15) is 62.5 Å². The molecule has 5 saturated heterocycles. The number of terminal acetylenes is 2. The van der Waals surface area contributed by atoms with Crippen molar-refractivity contribution in [2.24, 2.45) is 5.41 Å². The van der Waals surface area contributed by atoms with Gasteiger partial charge in [-0.25, -0.2) is 22.0 Å². The molecule has 6 fully saturated rings. The number of aliphatic hydroxyl groups is 2. The number of hydrogen-bond donors (Lipinski definition) is 4. The van der Waals surface area contributed by atoms with Crippen LogP contribution in [0, 0.1) is 53.4 Å². The van der Waals surface area contributed by atoms with E-state index in [0.717, 1.165) is 58.0 Å². The van der Waals surface area contributed by atoms with Crippen molar-refractivity contribution in [2.75, 3.05) is 102 Å². The molecule has 0 spiro atoms. The largest absolute Gasteiger partial charge is 0.508 e. The summed E-state index contributed by atoms with van der Waals surface area (Å²) in [7, 11) is 2.17. The molecule has 8 aromatic rings. The number of benzene rings is 6. The number of phenolic OH excluding ortho intramolecular Hbond substituents is 2. The van der Waals surface area contributed by atoms with E-state index in [9.17, 15) is 33.6 Å². The van der Waals surface area contributed by atoms with E-state index in [2.05, 4.69) is 43.6 Å². The Labute approximate surface area is 510 Å². The summed E-state index contributed by atoms with van der Waals surface area (Å²) >= 11 is 0. The van der Waals surface area contributed by atoms with E-state index < -0.39 is 47.2 Å². The minimum Gasteiger partial charge on any atom is -0.508 e. The summed E-state index contributed by atoms with van der Waals surface area (Å²) in [6, 6.07) is 17.9. The normalized spacial score (nSPS) is 24.0. The van der Waals surface area contributed by atoms with Crippen LogP contribution in [-0.2, 0) is 9.47 Å². The number of fused-ring (bicyclic) bond motifs is 6. The van der Waals surface area contributed by atoms with Crippen LogP contribution >= 0.6 is 0 Å². The van der Waals surface area contributed by atoms with Crippen LogP contribution in [0.3, 0.4) is 0 Å². The maximum atomic E-state index is 16.8. The quantitative estimate of drug-likeness (QED) is 0.0749. The van der Waals surface area contributed by atoms with E-state index in [-0.39, 0.29) is 112 Å². The van der Waals surface area contributed by atoms with Gasteiger partial charge in [-0.3, -0.25) is 4.90 Å². The third-order valence-corrected chi connectivity index (χ3v) is 18.9. The Balaban J connectivity index is 0.000000164. The highest BCUT2D eigenvalue weighted by atomic mass is 19.1. The molecule has 6 aromatic carbocycles. The Morgan fingerprint density at radius 2 is 1.13 bits per heavy atom. The zero-order valence-corrected chi connectivity index (χ0v) is 49.1. The van der Waals surface area contributed by atoms with Crippen molar-refractivity contribution >= 4 is 55.0 Å². The molecule has 0 radical (unpaired) electrons. The van der Waals surface area contributed by atoms with Crippen LogP contribution in [0.25, 0.3) is 65.6 Å². The minimum atomic E-state index is -0.944. The highest BCUT2D eigenvalue weighted by Gasteiger charge is 2.50. The first kappa shape index (κ1) is 59.8. The van der Waals surface area contributed by atoms with E-state index in [0.29, 0.717) is 90.5 Å². The van der Waals surface area contributed by atoms with Gasteiger partial charge in [-0.15, -0.1) is 12.8 Å². The summed E-state index contributed by atoms with van der Waals surface area (Å²) in [5.41, 5.74) is -0.00564. The first-order chi connectivity index (χ1) is 43.0. The SMILES string of the molecule is C#Cc1c(F)ccc2cc(O)cc(-c3ccc4c(N5CCOCC(O)C5)nc(OCC56CCCC5N(C)CCC6)nc4c3F)c12.C#Cc1c(F)ccc2cc(O)cc(-c3ccc4c(N5CCOCC(O)C5)nc(OCC56CCCN5CC(F)C6)nc4c3F)c12. The summed E-state index contributed by atoms with van der Waals surface area (Å²) in [6.07, 6.45) is 16.4. The number of likely N-dealkylation sites (tertiary alicyclic amines) is 1. The second-order valence-corrected chi connectivity index (χ2v) is 24.5. The number of anilines is 2. The lowest BCUT2D eigenvalue weighted by molar-refractivity contribution is 0.0133. The van der Waals surface area contributed by atoms with E-state index in [4.69, 9.17) is 36.8 Å². The van der Waals surface area contributed by atoms with Crippen LogP contribution in [0.2, 0.25) is 0 Å². The summed E-state index contributed by atoms with van der Waals surface area (Å²) < 4.78 is 101. The van der Waals surface area contributed by atoms with Crippen molar-refractivity contribution in [2.45, 2.75) is 81.3 Å². The number of piperidine rings is 1. The predicted octanol–water partition coefficient (Wildman–Crippen LogP) is 9.82. The maximum Gasteiger partial charge on any atom is 0.319 e. The number of rotatable bonds is 10. The number of halogens is 5. The molecule has 6 aliphatic rings. The van der Waals surface area contributed by atoms with Crippen molar-refractivity contribution in [3.63, 3.8) is 0 Å². The second-order valence-electron chi connectivity index (χ2n) is 24.5. The number of aromatic nitrogens is 4. The number of nitrogens with zero attached hydrogens (tertiary/aromatic N) is 8. The molecule has 4 N–H and O–H groups in total. The molecule has 7 heterocycles. The number of alkyl halides is 1. The van der Waals surface area contributed by atoms with Crippen LogP contribution < -0.4 is 19.3 Å². The van der Waals surface area contributed by atoms with Crippen molar-refractivity contribution in [3.8, 4) is 70.5 Å². The maximum absolute atomic E-state index is 16.8. The molecule has 14 rings (SSSR count). The Bertz CT molecular complexity index is 4170. The molecule has 16 nitrogen and oxygen atoms in total. The van der Waals surface area contributed by atoms with Gasteiger partial charge in [-0.05, 0) is 129 Å². The number of aliphatic hydroxyl groups excluding tert-OH is 2. The average Bonchev–Trinajstić information content (AvgIpc) is 1.88. The van der Waals surface area contributed by atoms with Gasteiger partial charge in [-0.2, -0.15) is 19.9 Å². The van der Waals surface area contributed by atoms with Crippen LogP contribution in [0.15, 0.2) is 72.8 Å². The third kappa shape index (κ3) is 11.2. The number of aromatic hydroxyl groups is 2. The second kappa shape index (κ2) is 24.3. The molecule has 1 saturated carbocycles. The Hall–Kier alpha value is -8.15. The van der Waals surface area contributed by atoms with Gasteiger partial charge in [0, 0.05) is 83.3 Å². The number of β-amino-alcohol motifs (C(OH)–C–C–N with tert-alkyl or cyclic N) is 2. The fraction of sp³-hybridized carbons (Fsp3) is 0.412. The monoisotopic (exact) mass is 1220 g/mol. The molecule has 5 aliphatic heterocycles. The Morgan fingerprint density at radius 1 is 0.618 bits per heavy atom. The molecule has 6 unspecified atom stereocenters. The highest BCUT2D eigenvalue weighted by molar-refractivity contribution is 6.05. The molecule has 2 aromatic heterocycles. The first-order valence-electron chi connectivity index (χ1n) is 30.3. The third-order valence-electron chi connectivity index (χ3n) is 18.9. The Morgan fingerprint density at radius 3 is 1.67 bits per heavy atom. The molecule has 462 valence electrons. The molecule has 6 atom stereocenters. The van der Waals surface area contributed by atoms with Gasteiger partial charge in [-0.1, -0.05) is 42.5 Å². The lowest BCUT2D eigenvalue weighted by atomic mass is 9.76. The number of phenols is 2. The lowest BCUT2D eigenvalue weighted by Gasteiger charge is -2.44. The molecule has 0 bridgehead atoms. The minimum absolute atomic E-state index is 0.0172. The van der Waals surface area contributed by atoms with Gasteiger partial charge >= 0.3 is 12.0 Å². The topological polar surface area (TPSA) is 182 Å². The van der Waals surface area contributed by atoms with Gasteiger partial charge in [0.05, 0.1) is 61.9 Å². The van der Waals surface area contributed by atoms with Gasteiger partial charge in [0.15, 0.2) is 11.6 Å². The molecule has 89 heavy (non-hydrogen) atoms. The van der Waals surface area contributed by atoms with E-state index in [1.54, 1.807) is 23.1 Å². The van der Waals surface area contributed by atoms with E-state index in [1.807, 2.05) is 4.90 Å². The molecule has 0 amide bonds. The smallest absolute Gasteiger partial charge is 0.319 e. The molecular formula is C68H67F5N8O8. The summed E-state index contributed by atoms with van der Waals surface area (Å²) in [5, 5.41) is 44.3. The van der Waals surface area contributed by atoms with Gasteiger partial charge in [0.1, 0.15) is 58.6 Å². The predicted molar refractivity (Wildman–Crippen MR) is 328 cm³/mol. The molecule has 21 heteroatoms. The lowest BCUT2D eigenvalue weighted by Crippen LogP contribution is -2.50. The van der Waals surface area contributed by atoms with Crippen LogP contribution in [-0.4, -0.2) is 173 Å². The first-order valence-corrected chi connectivity index (χ1v) is 30.3. The average molecular weight is 1220 g/mol. The number of hydrogen-bond acceptors (Lipinski definition) is 16. The van der Waals surface area contributed by atoms with Crippen molar-refractivity contribution in [1.29, 1.82) is 0 Å². The standard InChI is InChI=1S/C35H36F2N4O4.C33H31F3N4O4/c1-3-24-28(36)10-7-21-16-22(42)17-27(30(21)24)25-8-9-26-32(31(25)37)38-34(39-33(26)41-14-15-44-19-23(43)18-41)45-20-35-11-4-6-29(35)40(2)13-5-12-35;1-2-23-27(35)7-4-19-12-21(41)13-26(28(19)23)24-5-6-25-30(29(24)36)37-32(38-31(25)39-10-11-43-17-22(42)16-39)44-18-33-8-3-9-40(33)15-20(34)14-33/h1,7-10,16-17,23,29,42-43H,4-6,11-15,18-20H2,2H3;1,4-7,12-13,20,22,41-42H,3,8-11,14-18H2. The van der Waals surface area contributed by atoms with E-state index >= 15 is 8.78 Å². The summed E-state index contributed by atoms with van der Waals surface area (Å²) in [6.45, 7) is 5.06. The summed E-state index contributed by atoms with van der Waals surface area (Å²) in [4.78, 5) is 26.8. The molecule has 1 aliphatic carbocycles. The zero-order chi connectivity index (χ0) is 61.9. The van der Waals surface area contributed by atoms with Gasteiger partial charge < -0.3 is 54.1 Å². The fourth-order valence-corrected chi connectivity index (χ4v) is 14.8. The van der Waals surface area contributed by atoms with E-state index in [1.165, 1.54) is 54.6 Å². The van der Waals surface area contributed by atoms with Crippen LogP contribution in [0.5, 0.6) is 23.5 Å². The summed E-state index contributed by atoms with van der Waals surface area (Å²) in [5.74, 6) is 2.61. The zero-order valence-electron chi connectivity index (χ0n) is 49.1. The Kier molecular flexibility index (Phi) is 16.3. The fourth-order valence-electron chi connectivity index (χ4n) is 14.8. The highest BCUT2D eigenvalue weighted by Crippen LogP contribution is 2.49. The number of ether oxygens (including phenoxy) is 4. The van der Waals surface area contributed by atoms with Crippen molar-refractivity contribution < 1.29 is 61.3 Å². The van der Waals surface area contributed by atoms with Crippen LogP contribution in [0.4, 0.5) is 33.6 Å². The van der Waals surface area contributed by atoms with Gasteiger partial charge in [0.2, 0.25) is 0 Å².